The molecule has 0 bridgehead atoms. The summed E-state index contributed by atoms with van der Waals surface area (Å²) in [5.74, 6) is 4.91. The van der Waals surface area contributed by atoms with Gasteiger partial charge >= 0.3 is 6.18 Å². The van der Waals surface area contributed by atoms with Gasteiger partial charge in [-0.2, -0.15) is 13.2 Å². The van der Waals surface area contributed by atoms with E-state index in [2.05, 4.69) is 6.58 Å². The predicted octanol–water partition coefficient (Wildman–Crippen LogP) is 1.42. The number of hydrogen-bond donors (Lipinski definition) is 1. The molecule has 2 N–H and O–H groups in total. The normalized spacial score (nSPS) is 13.0. The molecular weight excluding hydrogens is 157 g/mol. The largest absolute Gasteiger partial charge is 0.432 e. The van der Waals surface area contributed by atoms with Crippen molar-refractivity contribution in [2.45, 2.75) is 6.18 Å². The van der Waals surface area contributed by atoms with Gasteiger partial charge in [-0.15, -0.1) is 0 Å². The minimum absolute atomic E-state index is 0.502. The third-order valence-corrected chi connectivity index (χ3v) is 0.946. The van der Waals surface area contributed by atoms with Gasteiger partial charge in [0.05, 0.1) is 0 Å². The van der Waals surface area contributed by atoms with E-state index < -0.39 is 11.9 Å². The molecule has 0 saturated heterocycles. The fourth-order valence-electron chi connectivity index (χ4n) is 0.524. The highest BCUT2D eigenvalue weighted by Gasteiger charge is 2.35. The van der Waals surface area contributed by atoms with Crippen LogP contribution in [0.25, 0.3) is 0 Å². The summed E-state index contributed by atoms with van der Waals surface area (Å²) < 4.78 is 35.8. The van der Waals surface area contributed by atoms with E-state index in [0.717, 1.165) is 19.2 Å². The van der Waals surface area contributed by atoms with Crippen LogP contribution >= 0.6 is 0 Å². The molecule has 0 amide bonds. The second-order valence-corrected chi connectivity index (χ2v) is 1.90. The summed E-state index contributed by atoms with van der Waals surface area (Å²) >= 11 is 0. The molecule has 0 aliphatic heterocycles. The van der Waals surface area contributed by atoms with Crippen molar-refractivity contribution in [2.24, 2.45) is 5.84 Å². The van der Waals surface area contributed by atoms with E-state index in [1.165, 1.54) is 0 Å². The summed E-state index contributed by atoms with van der Waals surface area (Å²) in [5.41, 5.74) is -0.924. The molecule has 0 atom stereocenters. The Morgan fingerprint density at radius 2 is 2.00 bits per heavy atom. The van der Waals surface area contributed by atoms with Crippen molar-refractivity contribution >= 4 is 0 Å². The van der Waals surface area contributed by atoms with E-state index >= 15 is 0 Å². The molecule has 0 spiro atoms. The zero-order valence-electron chi connectivity index (χ0n) is 6.02. The quantitative estimate of drug-likeness (QED) is 0.382. The molecule has 0 fully saturated rings. The Kier molecular flexibility index (Phi) is 3.13. The highest BCUT2D eigenvalue weighted by molar-refractivity contribution is 5.12. The van der Waals surface area contributed by atoms with Crippen molar-refractivity contribution in [3.8, 4) is 0 Å². The van der Waals surface area contributed by atoms with Gasteiger partial charge in [-0.3, -0.25) is 0 Å². The van der Waals surface area contributed by atoms with Gasteiger partial charge in [0.1, 0.15) is 5.70 Å². The first-order valence-electron chi connectivity index (χ1n) is 2.78. The first-order valence-corrected chi connectivity index (χ1v) is 2.78. The van der Waals surface area contributed by atoms with Gasteiger partial charge < -0.3 is 5.01 Å². The maximum Gasteiger partial charge on any atom is 0.432 e. The highest BCUT2D eigenvalue weighted by atomic mass is 19.4. The minimum atomic E-state index is -4.42. The number of nitrogens with two attached hydrogens (primary N) is 1. The Morgan fingerprint density at radius 1 is 1.55 bits per heavy atom. The molecule has 0 unspecified atom stereocenters. The zero-order valence-corrected chi connectivity index (χ0v) is 6.02. The van der Waals surface area contributed by atoms with Crippen LogP contribution in [0, 0.1) is 0 Å². The topological polar surface area (TPSA) is 29.3 Å². The van der Waals surface area contributed by atoms with Crippen LogP contribution in [0.5, 0.6) is 0 Å². The molecule has 0 aromatic rings. The Labute approximate surface area is 62.8 Å². The molecule has 0 radical (unpaired) electrons. The van der Waals surface area contributed by atoms with Gasteiger partial charge in [-0.1, -0.05) is 12.7 Å². The second kappa shape index (κ2) is 3.43. The Bertz CT molecular complexity index is 169. The molecule has 0 aliphatic rings. The van der Waals surface area contributed by atoms with Crippen LogP contribution in [0.2, 0.25) is 0 Å². The highest BCUT2D eigenvalue weighted by Crippen LogP contribution is 2.25. The summed E-state index contributed by atoms with van der Waals surface area (Å²) in [6.07, 6.45) is -2.58. The van der Waals surface area contributed by atoms with Crippen LogP contribution in [0.15, 0.2) is 24.4 Å². The molecule has 5 heteroatoms. The predicted molar refractivity (Wildman–Crippen MR) is 36.3 cm³/mol. The van der Waals surface area contributed by atoms with Crippen molar-refractivity contribution in [1.29, 1.82) is 0 Å². The number of alkyl halides is 3. The van der Waals surface area contributed by atoms with E-state index in [-0.39, 0.29) is 0 Å². The third kappa shape index (κ3) is 3.08. The lowest BCUT2D eigenvalue weighted by molar-refractivity contribution is -0.109. The molecule has 0 aromatic carbocycles. The monoisotopic (exact) mass is 166 g/mol. The molecular formula is C6H9F3N2. The van der Waals surface area contributed by atoms with Crippen LogP contribution < -0.4 is 5.84 Å². The number of rotatable bonds is 2. The number of hydrazine groups is 1. The zero-order chi connectivity index (χ0) is 9.07. The van der Waals surface area contributed by atoms with E-state index in [0.29, 0.717) is 5.01 Å². The Balaban J connectivity index is 4.62. The summed E-state index contributed by atoms with van der Waals surface area (Å²) in [5, 5.41) is 0.502. The van der Waals surface area contributed by atoms with Crippen molar-refractivity contribution in [1.82, 2.24) is 5.01 Å². The Morgan fingerprint density at radius 3 is 2.09 bits per heavy atom. The molecule has 11 heavy (non-hydrogen) atoms. The lowest BCUT2D eigenvalue weighted by Crippen LogP contribution is -2.33. The first-order chi connectivity index (χ1) is 4.89. The number of halogens is 3. The SMILES string of the molecule is C=C/C=C(\N(C)N)C(F)(F)F. The van der Waals surface area contributed by atoms with Crippen LogP contribution in [0.4, 0.5) is 13.2 Å². The van der Waals surface area contributed by atoms with Crippen LogP contribution in [-0.2, 0) is 0 Å². The molecule has 2 nitrogen and oxygen atoms in total. The maximum absolute atomic E-state index is 11.9. The van der Waals surface area contributed by atoms with Crippen molar-refractivity contribution < 1.29 is 13.2 Å². The summed E-state index contributed by atoms with van der Waals surface area (Å²) in [6.45, 7) is 3.14. The van der Waals surface area contributed by atoms with Gasteiger partial charge in [0.25, 0.3) is 0 Å². The molecule has 0 aromatic heterocycles. The molecule has 0 rings (SSSR count). The lowest BCUT2D eigenvalue weighted by atomic mass is 10.4. The van der Waals surface area contributed by atoms with Gasteiger partial charge in [0.15, 0.2) is 0 Å². The van der Waals surface area contributed by atoms with Gasteiger partial charge in [0.2, 0.25) is 0 Å². The summed E-state index contributed by atoms with van der Waals surface area (Å²) in [6, 6.07) is 0. The van der Waals surface area contributed by atoms with E-state index in [9.17, 15) is 13.2 Å². The standard InChI is InChI=1S/C6H9F3N2/c1-3-4-5(11(2)10)6(7,8)9/h3-4H,1,10H2,2H3/b5-4-. The molecule has 64 valence electrons. The third-order valence-electron chi connectivity index (χ3n) is 0.946. The molecule has 0 saturated carbocycles. The molecule has 0 aliphatic carbocycles. The van der Waals surface area contributed by atoms with Crippen molar-refractivity contribution in [2.75, 3.05) is 7.05 Å². The summed E-state index contributed by atoms with van der Waals surface area (Å²) in [4.78, 5) is 0. The van der Waals surface area contributed by atoms with Gasteiger partial charge in [-0.25, -0.2) is 5.84 Å². The number of nitrogens with zero attached hydrogens (tertiary/aromatic N) is 1. The van der Waals surface area contributed by atoms with Gasteiger partial charge in [-0.05, 0) is 6.08 Å². The van der Waals surface area contributed by atoms with E-state index in [4.69, 9.17) is 5.84 Å². The van der Waals surface area contributed by atoms with E-state index in [1.54, 1.807) is 0 Å². The second-order valence-electron chi connectivity index (χ2n) is 1.90. The Hall–Kier alpha value is -0.970. The van der Waals surface area contributed by atoms with Crippen LogP contribution in [0.3, 0.4) is 0 Å². The fraction of sp³-hybridized carbons (Fsp3) is 0.333. The molecule has 0 heterocycles. The first kappa shape index (κ1) is 10.0. The van der Waals surface area contributed by atoms with Gasteiger partial charge in [0, 0.05) is 7.05 Å². The average Bonchev–Trinajstić information content (AvgIpc) is 1.79. The van der Waals surface area contributed by atoms with Crippen LogP contribution in [-0.4, -0.2) is 18.2 Å². The van der Waals surface area contributed by atoms with Crippen molar-refractivity contribution in [3.05, 3.63) is 24.4 Å². The summed E-state index contributed by atoms with van der Waals surface area (Å²) in [7, 11) is 1.11. The minimum Gasteiger partial charge on any atom is -0.310 e. The maximum atomic E-state index is 11.9. The van der Waals surface area contributed by atoms with Crippen LogP contribution in [0.1, 0.15) is 0 Å². The number of hydrogen-bond acceptors (Lipinski definition) is 2. The average molecular weight is 166 g/mol. The lowest BCUT2D eigenvalue weighted by Gasteiger charge is -2.18. The van der Waals surface area contributed by atoms with E-state index in [1.807, 2.05) is 0 Å². The number of allylic oxidation sites excluding steroid dienone is 3. The smallest absolute Gasteiger partial charge is 0.310 e. The van der Waals surface area contributed by atoms with Crippen molar-refractivity contribution in [3.63, 3.8) is 0 Å². The fourth-order valence-corrected chi connectivity index (χ4v) is 0.524.